The van der Waals surface area contributed by atoms with Crippen molar-refractivity contribution < 1.29 is 9.53 Å². The van der Waals surface area contributed by atoms with Crippen LogP contribution in [0.25, 0.3) is 0 Å². The number of unbranched alkanes of at least 4 members (excludes halogenated alkanes) is 1. The molecule has 3 unspecified atom stereocenters. The second kappa shape index (κ2) is 12.0. The van der Waals surface area contributed by atoms with Crippen LogP contribution in [0.15, 0.2) is 24.4 Å². The van der Waals surface area contributed by atoms with Gasteiger partial charge in [0.2, 0.25) is 0 Å². The van der Waals surface area contributed by atoms with E-state index in [1.54, 1.807) is 6.20 Å². The molecule has 0 spiro atoms. The lowest BCUT2D eigenvalue weighted by Crippen LogP contribution is -2.51. The van der Waals surface area contributed by atoms with Crippen molar-refractivity contribution in [2.75, 3.05) is 27.2 Å². The van der Waals surface area contributed by atoms with Crippen LogP contribution in [0.1, 0.15) is 89.8 Å². The van der Waals surface area contributed by atoms with Crippen molar-refractivity contribution in [3.05, 3.63) is 57.9 Å². The molecular weight excluding hydrogens is 460 g/mol. The number of ether oxygens (including phenoxy) is 1. The molecule has 2 aliphatic rings. The fraction of sp³-hybridized carbons (Fsp3) is 0.613. The van der Waals surface area contributed by atoms with Crippen LogP contribution in [-0.4, -0.2) is 66.1 Å². The van der Waals surface area contributed by atoms with Gasteiger partial charge in [-0.1, -0.05) is 6.07 Å². The quantitative estimate of drug-likeness (QED) is 0.430. The summed E-state index contributed by atoms with van der Waals surface area (Å²) in [6.45, 7) is 12.6. The lowest BCUT2D eigenvalue weighted by molar-refractivity contribution is 0.0689. The van der Waals surface area contributed by atoms with E-state index in [-0.39, 0.29) is 11.9 Å². The number of benzene rings is 1. The number of fused-ring (bicyclic) bond motifs is 2. The van der Waals surface area contributed by atoms with Gasteiger partial charge in [-0.15, -0.1) is 0 Å². The van der Waals surface area contributed by atoms with Crippen LogP contribution in [0.2, 0.25) is 0 Å². The van der Waals surface area contributed by atoms with Gasteiger partial charge in [0.1, 0.15) is 5.75 Å². The number of nitrogens with one attached hydrogen (secondary N) is 1. The van der Waals surface area contributed by atoms with Crippen molar-refractivity contribution in [3.8, 4) is 5.75 Å². The van der Waals surface area contributed by atoms with Crippen molar-refractivity contribution in [2.24, 2.45) is 0 Å². The first-order valence-electron chi connectivity index (χ1n) is 14.0. The second-order valence-corrected chi connectivity index (χ2v) is 11.5. The number of hydrogen-bond acceptors (Lipinski definition) is 5. The van der Waals surface area contributed by atoms with Crippen molar-refractivity contribution in [3.63, 3.8) is 0 Å². The topological polar surface area (TPSA) is 57.7 Å². The zero-order valence-electron chi connectivity index (χ0n) is 23.9. The molecule has 3 heterocycles. The zero-order valence-corrected chi connectivity index (χ0v) is 23.9. The van der Waals surface area contributed by atoms with Gasteiger partial charge in [0, 0.05) is 36.1 Å². The summed E-state index contributed by atoms with van der Waals surface area (Å²) in [5.74, 6) is 1.02. The third kappa shape index (κ3) is 6.35. The maximum atomic E-state index is 12.9. The molecule has 37 heavy (non-hydrogen) atoms. The Labute approximate surface area is 223 Å². The number of carbonyl (C=O) groups is 1. The molecular formula is C31H46N4O2. The van der Waals surface area contributed by atoms with Gasteiger partial charge in [-0.25, -0.2) is 0 Å². The molecule has 0 saturated carbocycles. The first-order chi connectivity index (χ1) is 17.7. The first-order valence-corrected chi connectivity index (χ1v) is 14.0. The van der Waals surface area contributed by atoms with Crippen LogP contribution in [0.5, 0.6) is 5.75 Å². The summed E-state index contributed by atoms with van der Waals surface area (Å²) < 4.78 is 6.16. The van der Waals surface area contributed by atoms with Crippen LogP contribution in [0.3, 0.4) is 0 Å². The molecule has 2 saturated heterocycles. The van der Waals surface area contributed by atoms with Gasteiger partial charge < -0.3 is 15.0 Å². The number of carbonyl (C=O) groups excluding carboxylic acids is 1. The Morgan fingerprint density at radius 2 is 1.81 bits per heavy atom. The molecule has 0 aliphatic carbocycles. The van der Waals surface area contributed by atoms with E-state index in [1.807, 2.05) is 19.9 Å². The summed E-state index contributed by atoms with van der Waals surface area (Å²) in [6, 6.07) is 7.99. The highest BCUT2D eigenvalue weighted by Gasteiger charge is 2.43. The van der Waals surface area contributed by atoms with Crippen molar-refractivity contribution in [2.45, 2.75) is 97.3 Å². The summed E-state index contributed by atoms with van der Waals surface area (Å²) in [5, 5.41) is 3.32. The zero-order chi connectivity index (χ0) is 26.7. The number of pyridine rings is 1. The molecule has 1 amide bonds. The van der Waals surface area contributed by atoms with Gasteiger partial charge >= 0.3 is 0 Å². The number of aromatic nitrogens is 1. The lowest BCUT2D eigenvalue weighted by atomic mass is 9.91. The van der Waals surface area contributed by atoms with Crippen LogP contribution >= 0.6 is 0 Å². The predicted molar refractivity (Wildman–Crippen MR) is 150 cm³/mol. The largest absolute Gasteiger partial charge is 0.493 e. The van der Waals surface area contributed by atoms with E-state index in [1.165, 1.54) is 29.5 Å². The molecule has 1 aromatic heterocycles. The number of nitrogens with zero attached hydrogens (tertiary/aromatic N) is 3. The molecule has 202 valence electrons. The van der Waals surface area contributed by atoms with E-state index < -0.39 is 0 Å². The van der Waals surface area contributed by atoms with E-state index in [0.29, 0.717) is 23.7 Å². The molecule has 1 aromatic carbocycles. The minimum absolute atomic E-state index is 0.00488. The smallest absolute Gasteiger partial charge is 0.253 e. The summed E-state index contributed by atoms with van der Waals surface area (Å²) >= 11 is 0. The number of rotatable bonds is 10. The average molecular weight is 507 g/mol. The Hall–Kier alpha value is -2.44. The molecule has 1 N–H and O–H groups in total. The van der Waals surface area contributed by atoms with Crippen molar-refractivity contribution >= 4 is 5.91 Å². The minimum atomic E-state index is 0.00488. The number of amides is 1. The molecule has 4 rings (SSSR count). The van der Waals surface area contributed by atoms with Gasteiger partial charge in [-0.3, -0.25) is 14.7 Å². The van der Waals surface area contributed by atoms with Gasteiger partial charge in [-0.05, 0) is 128 Å². The Morgan fingerprint density at radius 3 is 2.46 bits per heavy atom. The maximum Gasteiger partial charge on any atom is 0.253 e. The molecule has 2 bridgehead atoms. The summed E-state index contributed by atoms with van der Waals surface area (Å²) in [6.07, 6.45) is 8.36. The third-order valence-corrected chi connectivity index (χ3v) is 8.66. The molecule has 2 aromatic rings. The first kappa shape index (κ1) is 27.6. The second-order valence-electron chi connectivity index (χ2n) is 11.5. The third-order valence-electron chi connectivity index (χ3n) is 8.66. The van der Waals surface area contributed by atoms with E-state index >= 15 is 0 Å². The number of aryl methyl sites for hydroxylation is 2. The minimum Gasteiger partial charge on any atom is -0.493 e. The molecule has 6 nitrogen and oxygen atoms in total. The Bertz CT molecular complexity index is 1080. The normalized spacial score (nSPS) is 22.3. The highest BCUT2D eigenvalue weighted by Crippen LogP contribution is 2.43. The fourth-order valence-electron chi connectivity index (χ4n) is 6.30. The standard InChI is InChI=1S/C31H46N4O2/c1-20-16-25(19-32-23(20)4)31(36)33-26-17-27-10-11-28(18-26)35(27)24(5)29-12-13-30(22(3)21(29)2)37-15-9-8-14-34(6)7/h12-13,16,19,24,26-28H,8-11,14-15,17-18H2,1-7H3,(H,33,36). The van der Waals surface area contributed by atoms with Crippen molar-refractivity contribution in [1.82, 2.24) is 20.1 Å². The van der Waals surface area contributed by atoms with Gasteiger partial charge in [0.15, 0.2) is 0 Å². The number of piperidine rings is 1. The van der Waals surface area contributed by atoms with Crippen LogP contribution in [0.4, 0.5) is 0 Å². The average Bonchev–Trinajstić information content (AvgIpc) is 3.12. The van der Waals surface area contributed by atoms with E-state index in [9.17, 15) is 4.79 Å². The van der Waals surface area contributed by atoms with E-state index in [2.05, 4.69) is 67.1 Å². The summed E-state index contributed by atoms with van der Waals surface area (Å²) in [5.41, 5.74) is 6.70. The molecule has 2 fully saturated rings. The maximum absolute atomic E-state index is 12.9. The molecule has 3 atom stereocenters. The van der Waals surface area contributed by atoms with Crippen LogP contribution in [0, 0.1) is 27.7 Å². The fourth-order valence-corrected chi connectivity index (χ4v) is 6.30. The Kier molecular flexibility index (Phi) is 8.91. The SMILES string of the molecule is Cc1cc(C(=O)NC2CC3CCC(C2)N3C(C)c2ccc(OCCCCN(C)C)c(C)c2C)cnc1C. The van der Waals surface area contributed by atoms with Gasteiger partial charge in [0.05, 0.1) is 12.2 Å². The molecule has 0 radical (unpaired) electrons. The van der Waals surface area contributed by atoms with Crippen LogP contribution in [-0.2, 0) is 0 Å². The van der Waals surface area contributed by atoms with E-state index in [0.717, 1.165) is 55.8 Å². The van der Waals surface area contributed by atoms with E-state index in [4.69, 9.17) is 4.74 Å². The van der Waals surface area contributed by atoms with Crippen LogP contribution < -0.4 is 10.1 Å². The lowest BCUT2D eigenvalue weighted by Gasteiger charge is -2.43. The monoisotopic (exact) mass is 506 g/mol. The number of hydrogen-bond donors (Lipinski definition) is 1. The van der Waals surface area contributed by atoms with Crippen molar-refractivity contribution in [1.29, 1.82) is 0 Å². The summed E-state index contributed by atoms with van der Waals surface area (Å²) in [7, 11) is 4.23. The van der Waals surface area contributed by atoms with Gasteiger partial charge in [0.25, 0.3) is 5.91 Å². The molecule has 2 aliphatic heterocycles. The molecule has 6 heteroatoms. The highest BCUT2D eigenvalue weighted by molar-refractivity contribution is 5.94. The highest BCUT2D eigenvalue weighted by atomic mass is 16.5. The summed E-state index contributed by atoms with van der Waals surface area (Å²) in [4.78, 5) is 22.2. The Morgan fingerprint density at radius 1 is 1.11 bits per heavy atom. The predicted octanol–water partition coefficient (Wildman–Crippen LogP) is 5.52. The van der Waals surface area contributed by atoms with Gasteiger partial charge in [-0.2, -0.15) is 0 Å². The Balaban J connectivity index is 1.37.